The quantitative estimate of drug-likeness (QED) is 0.572. The number of hydroxylamine groups is 1. The topological polar surface area (TPSA) is 125 Å². The summed E-state index contributed by atoms with van der Waals surface area (Å²) in [5, 5.41) is 0. The van der Waals surface area contributed by atoms with Gasteiger partial charge in [0.25, 0.3) is 0 Å². The summed E-state index contributed by atoms with van der Waals surface area (Å²) in [5.74, 6) is -0.934. The molecule has 2 aliphatic heterocycles. The van der Waals surface area contributed by atoms with Crippen LogP contribution in [0.4, 0.5) is 0 Å². The second kappa shape index (κ2) is 9.92. The third-order valence-corrected chi connectivity index (χ3v) is 10.3. The van der Waals surface area contributed by atoms with Gasteiger partial charge < -0.3 is 10.5 Å². The van der Waals surface area contributed by atoms with Gasteiger partial charge in [-0.15, -0.1) is 11.3 Å². The van der Waals surface area contributed by atoms with Gasteiger partial charge in [0, 0.05) is 28.3 Å². The molecule has 0 saturated carbocycles. The Morgan fingerprint density at radius 2 is 1.91 bits per heavy atom. The molecular formula is C23H28N2O6S2. The van der Waals surface area contributed by atoms with Gasteiger partial charge >= 0.3 is 0 Å². The lowest BCUT2D eigenvalue weighted by Gasteiger charge is -2.35. The van der Waals surface area contributed by atoms with Gasteiger partial charge in [0.15, 0.2) is 16.1 Å². The van der Waals surface area contributed by atoms with Gasteiger partial charge in [0.2, 0.25) is 11.8 Å². The van der Waals surface area contributed by atoms with Crippen LogP contribution in [0, 0.1) is 0 Å². The van der Waals surface area contributed by atoms with Crippen molar-refractivity contribution in [2.75, 3.05) is 12.4 Å². The van der Waals surface area contributed by atoms with Crippen LogP contribution in [0.25, 0.3) is 10.4 Å². The molecule has 178 valence electrons. The number of primary amides is 1. The Kier molecular flexibility index (Phi) is 7.18. The summed E-state index contributed by atoms with van der Waals surface area (Å²) in [7, 11) is -3.56. The number of sulfone groups is 1. The lowest BCUT2D eigenvalue weighted by molar-refractivity contribution is -0.200. The van der Waals surface area contributed by atoms with Crippen molar-refractivity contribution < 1.29 is 27.6 Å². The van der Waals surface area contributed by atoms with Gasteiger partial charge in [-0.3, -0.25) is 9.59 Å². The van der Waals surface area contributed by atoms with E-state index < -0.39 is 32.7 Å². The molecule has 0 bridgehead atoms. The number of carbonyl (C=O) groups excluding carboxylic acids is 2. The molecule has 10 heteroatoms. The Bertz CT molecular complexity index is 1110. The lowest BCUT2D eigenvalue weighted by Crippen LogP contribution is -2.45. The largest absolute Gasteiger partial charge is 0.366 e. The first-order valence-corrected chi connectivity index (χ1v) is 13.6. The summed E-state index contributed by atoms with van der Waals surface area (Å²) in [5.41, 5.74) is 8.98. The molecule has 2 saturated heterocycles. The highest BCUT2D eigenvalue weighted by Gasteiger charge is 2.49. The molecule has 1 aromatic heterocycles. The molecule has 2 atom stereocenters. The molecule has 1 aromatic carbocycles. The number of ether oxygens (including phenoxy) is 1. The zero-order chi connectivity index (χ0) is 23.5. The third kappa shape index (κ3) is 5.13. The Morgan fingerprint density at radius 3 is 2.58 bits per heavy atom. The fraction of sp³-hybridized carbons (Fsp3) is 0.478. The highest BCUT2D eigenvalue weighted by atomic mass is 32.2. The van der Waals surface area contributed by atoms with Gasteiger partial charge in [-0.25, -0.2) is 18.7 Å². The minimum atomic E-state index is -3.56. The normalized spacial score (nSPS) is 24.8. The van der Waals surface area contributed by atoms with Crippen LogP contribution in [-0.4, -0.2) is 38.9 Å². The molecule has 2 aliphatic rings. The van der Waals surface area contributed by atoms with E-state index in [0.29, 0.717) is 36.3 Å². The number of amides is 2. The number of hydrogen-bond acceptors (Lipinski definition) is 7. The lowest BCUT2D eigenvalue weighted by atomic mass is 9.94. The number of benzene rings is 1. The first-order chi connectivity index (χ1) is 15.8. The van der Waals surface area contributed by atoms with E-state index in [1.165, 1.54) is 11.3 Å². The summed E-state index contributed by atoms with van der Waals surface area (Å²) in [6.45, 7) is 0.581. The molecule has 4 rings (SSSR count). The van der Waals surface area contributed by atoms with E-state index in [1.807, 2.05) is 6.07 Å². The predicted octanol–water partition coefficient (Wildman–Crippen LogP) is 3.27. The number of rotatable bonds is 7. The van der Waals surface area contributed by atoms with Crippen LogP contribution in [-0.2, 0) is 29.0 Å². The molecule has 8 nitrogen and oxygen atoms in total. The summed E-state index contributed by atoms with van der Waals surface area (Å²) in [6.07, 6.45) is 3.58. The molecular weight excluding hydrogens is 464 g/mol. The highest BCUT2D eigenvalue weighted by Crippen LogP contribution is 2.47. The Morgan fingerprint density at radius 1 is 1.12 bits per heavy atom. The number of hydrogen-bond donors (Lipinski definition) is 2. The van der Waals surface area contributed by atoms with E-state index in [-0.39, 0.29) is 12.2 Å². The maximum atomic E-state index is 13.3. The molecule has 0 aliphatic carbocycles. The van der Waals surface area contributed by atoms with Crippen molar-refractivity contribution in [2.24, 2.45) is 5.73 Å². The van der Waals surface area contributed by atoms with E-state index in [0.717, 1.165) is 29.7 Å². The summed E-state index contributed by atoms with van der Waals surface area (Å²) in [4.78, 5) is 31.0. The predicted molar refractivity (Wildman–Crippen MR) is 125 cm³/mol. The fourth-order valence-corrected chi connectivity index (χ4v) is 8.17. The van der Waals surface area contributed by atoms with Gasteiger partial charge in [0.05, 0.1) is 12.2 Å². The minimum Gasteiger partial charge on any atom is -0.366 e. The zero-order valence-electron chi connectivity index (χ0n) is 18.2. The summed E-state index contributed by atoms with van der Waals surface area (Å²) in [6, 6.07) is 10.5. The van der Waals surface area contributed by atoms with E-state index in [2.05, 4.69) is 5.48 Å². The van der Waals surface area contributed by atoms with Crippen LogP contribution in [0.2, 0.25) is 0 Å². The van der Waals surface area contributed by atoms with Gasteiger partial charge in [0.1, 0.15) is 4.75 Å². The molecule has 3 N–H and O–H groups in total. The van der Waals surface area contributed by atoms with E-state index in [9.17, 15) is 18.0 Å². The molecule has 2 aromatic rings. The van der Waals surface area contributed by atoms with Crippen LogP contribution in [0.1, 0.15) is 60.2 Å². The standard InChI is InChI=1S/C23H28N2O6S2/c24-22(27)17-8-6-16(7-9-17)18-10-11-19(32-18)23(12-2-4-14-33(23,28)29)15-20(26)25-31-21-5-1-3-13-30-21/h6-11,21H,1-5,12-15H2,(H2,24,27)(H,25,26)/t21?,23-/m0/s1. The van der Waals surface area contributed by atoms with Crippen molar-refractivity contribution in [2.45, 2.75) is 56.0 Å². The van der Waals surface area contributed by atoms with Gasteiger partial charge in [-0.05, 0) is 55.5 Å². The van der Waals surface area contributed by atoms with E-state index in [1.54, 1.807) is 30.3 Å². The van der Waals surface area contributed by atoms with Crippen LogP contribution < -0.4 is 11.2 Å². The van der Waals surface area contributed by atoms with Gasteiger partial charge in [-0.1, -0.05) is 18.6 Å². The molecule has 0 radical (unpaired) electrons. The molecule has 33 heavy (non-hydrogen) atoms. The minimum absolute atomic E-state index is 0.0490. The number of carbonyl (C=O) groups is 2. The van der Waals surface area contributed by atoms with E-state index in [4.69, 9.17) is 15.3 Å². The zero-order valence-corrected chi connectivity index (χ0v) is 19.9. The van der Waals surface area contributed by atoms with Crippen LogP contribution in [0.15, 0.2) is 36.4 Å². The SMILES string of the molecule is NC(=O)c1ccc(-c2ccc([C@@]3(CC(=O)NOC4CCCCO4)CCCCS3(=O)=O)s2)cc1. The van der Waals surface area contributed by atoms with Crippen molar-refractivity contribution in [3.05, 3.63) is 46.8 Å². The molecule has 1 unspecified atom stereocenters. The van der Waals surface area contributed by atoms with Crippen molar-refractivity contribution in [1.82, 2.24) is 5.48 Å². The maximum absolute atomic E-state index is 13.3. The third-order valence-electron chi connectivity index (χ3n) is 6.24. The molecule has 2 amide bonds. The average Bonchev–Trinajstić information content (AvgIpc) is 3.30. The Balaban J connectivity index is 1.57. The smallest absolute Gasteiger partial charge is 0.248 e. The maximum Gasteiger partial charge on any atom is 0.248 e. The van der Waals surface area contributed by atoms with Crippen molar-refractivity contribution >= 4 is 33.0 Å². The first-order valence-electron chi connectivity index (χ1n) is 11.1. The molecule has 2 fully saturated rings. The summed E-state index contributed by atoms with van der Waals surface area (Å²) < 4.78 is 30.8. The second-order valence-corrected chi connectivity index (χ2v) is 12.0. The average molecular weight is 493 g/mol. The van der Waals surface area contributed by atoms with Gasteiger partial charge in [-0.2, -0.15) is 0 Å². The van der Waals surface area contributed by atoms with E-state index >= 15 is 0 Å². The Labute approximate surface area is 197 Å². The van der Waals surface area contributed by atoms with Crippen molar-refractivity contribution in [3.8, 4) is 10.4 Å². The monoisotopic (exact) mass is 492 g/mol. The number of nitrogens with one attached hydrogen (secondary N) is 1. The Hall–Kier alpha value is -2.27. The fourth-order valence-electron chi connectivity index (χ4n) is 4.38. The summed E-state index contributed by atoms with van der Waals surface area (Å²) >= 11 is 1.36. The number of nitrogens with two attached hydrogens (primary N) is 1. The molecule has 3 heterocycles. The molecule has 0 spiro atoms. The second-order valence-electron chi connectivity index (χ2n) is 8.49. The van der Waals surface area contributed by atoms with Crippen molar-refractivity contribution in [1.29, 1.82) is 0 Å². The van der Waals surface area contributed by atoms with Crippen LogP contribution >= 0.6 is 11.3 Å². The highest BCUT2D eigenvalue weighted by molar-refractivity contribution is 7.92. The number of thiophene rings is 1. The van der Waals surface area contributed by atoms with Crippen molar-refractivity contribution in [3.63, 3.8) is 0 Å². The first kappa shape index (κ1) is 23.9. The van der Waals surface area contributed by atoms with Crippen LogP contribution in [0.5, 0.6) is 0 Å². The van der Waals surface area contributed by atoms with Crippen LogP contribution in [0.3, 0.4) is 0 Å².